The summed E-state index contributed by atoms with van der Waals surface area (Å²) in [6.45, 7) is 3.45. The van der Waals surface area contributed by atoms with Crippen molar-refractivity contribution in [3.63, 3.8) is 0 Å². The lowest BCUT2D eigenvalue weighted by Crippen LogP contribution is -2.47. The fraction of sp³-hybridized carbons (Fsp3) is 0.907. The molecule has 0 radical (unpaired) electrons. The molecular formula is C43H82N2O7. The van der Waals surface area contributed by atoms with E-state index in [0.717, 1.165) is 51.4 Å². The van der Waals surface area contributed by atoms with Crippen LogP contribution in [0.15, 0.2) is 0 Å². The second-order valence-corrected chi connectivity index (χ2v) is 15.2. The molecule has 0 spiro atoms. The van der Waals surface area contributed by atoms with Gasteiger partial charge in [0.2, 0.25) is 11.8 Å². The van der Waals surface area contributed by atoms with E-state index in [9.17, 15) is 19.2 Å². The minimum atomic E-state index is -1.38. The van der Waals surface area contributed by atoms with E-state index in [1.807, 2.05) is 0 Å². The number of aliphatic hydroxyl groups is 1. The number of aliphatic carboxylic acids is 1. The van der Waals surface area contributed by atoms with Crippen molar-refractivity contribution < 1.29 is 34.1 Å². The van der Waals surface area contributed by atoms with Gasteiger partial charge in [-0.15, -0.1) is 0 Å². The minimum absolute atomic E-state index is 0.0328. The highest BCUT2D eigenvalue weighted by Gasteiger charge is 2.19. The Morgan fingerprint density at radius 1 is 0.500 bits per heavy atom. The van der Waals surface area contributed by atoms with Crippen LogP contribution in [0.2, 0.25) is 0 Å². The zero-order valence-corrected chi connectivity index (χ0v) is 33.8. The number of carboxylic acid groups (broad SMARTS) is 1. The number of amides is 2. The second-order valence-electron chi connectivity index (χ2n) is 15.2. The van der Waals surface area contributed by atoms with Gasteiger partial charge < -0.3 is 25.6 Å². The van der Waals surface area contributed by atoms with Gasteiger partial charge in [0.25, 0.3) is 0 Å². The Hall–Kier alpha value is -2.16. The summed E-state index contributed by atoms with van der Waals surface area (Å²) >= 11 is 0. The number of carbonyl (C=O) groups excluding carboxylic acids is 3. The van der Waals surface area contributed by atoms with Crippen LogP contribution in [0.4, 0.5) is 0 Å². The molecule has 0 saturated heterocycles. The van der Waals surface area contributed by atoms with Crippen LogP contribution in [0.25, 0.3) is 0 Å². The van der Waals surface area contributed by atoms with Crippen molar-refractivity contribution in [2.24, 2.45) is 0 Å². The summed E-state index contributed by atoms with van der Waals surface area (Å²) in [5, 5.41) is 22.5. The molecule has 306 valence electrons. The summed E-state index contributed by atoms with van der Waals surface area (Å²) in [6, 6.07) is -1.38. The van der Waals surface area contributed by atoms with Crippen molar-refractivity contribution in [1.29, 1.82) is 0 Å². The summed E-state index contributed by atoms with van der Waals surface area (Å²) in [6.07, 6.45) is 38.7. The normalized spacial score (nSPS) is 12.4. The first-order chi connectivity index (χ1) is 25.3. The molecule has 2 amide bonds. The molecular weight excluding hydrogens is 656 g/mol. The largest absolute Gasteiger partial charge is 0.480 e. The van der Waals surface area contributed by atoms with Crippen LogP contribution >= 0.6 is 0 Å². The van der Waals surface area contributed by atoms with Gasteiger partial charge in [-0.2, -0.15) is 0 Å². The molecule has 0 aromatic rings. The average molecular weight is 739 g/mol. The zero-order chi connectivity index (χ0) is 38.3. The number of rotatable bonds is 40. The first-order valence-corrected chi connectivity index (χ1v) is 21.9. The number of hydrogen-bond donors (Lipinski definition) is 4. The summed E-state index contributed by atoms with van der Waals surface area (Å²) in [7, 11) is 0. The maximum atomic E-state index is 12.7. The Bertz CT molecular complexity index is 853. The number of aliphatic hydroxyl groups excluding tert-OH is 1. The summed E-state index contributed by atoms with van der Waals surface area (Å²) < 4.78 is 5.95. The number of hydrogen-bond acceptors (Lipinski definition) is 6. The van der Waals surface area contributed by atoms with E-state index in [1.54, 1.807) is 0 Å². The highest BCUT2D eigenvalue weighted by Crippen LogP contribution is 2.19. The van der Waals surface area contributed by atoms with Crippen molar-refractivity contribution in [3.8, 4) is 0 Å². The molecule has 0 rings (SSSR count). The lowest BCUT2D eigenvalue weighted by atomic mass is 10.0. The predicted octanol–water partition coefficient (Wildman–Crippen LogP) is 10.5. The first-order valence-electron chi connectivity index (χ1n) is 21.9. The van der Waals surface area contributed by atoms with Crippen molar-refractivity contribution in [1.82, 2.24) is 10.6 Å². The molecule has 0 bridgehead atoms. The third-order valence-electron chi connectivity index (χ3n) is 10.1. The van der Waals surface area contributed by atoms with Gasteiger partial charge in [0.15, 0.2) is 0 Å². The van der Waals surface area contributed by atoms with E-state index in [-0.39, 0.29) is 30.9 Å². The molecule has 0 aromatic carbocycles. The molecule has 4 N–H and O–H groups in total. The van der Waals surface area contributed by atoms with Crippen LogP contribution in [0.3, 0.4) is 0 Å². The third-order valence-corrected chi connectivity index (χ3v) is 10.1. The highest BCUT2D eigenvalue weighted by atomic mass is 16.5. The van der Waals surface area contributed by atoms with Gasteiger partial charge in [0.05, 0.1) is 13.2 Å². The van der Waals surface area contributed by atoms with Crippen LogP contribution in [-0.4, -0.2) is 59.3 Å². The van der Waals surface area contributed by atoms with E-state index in [0.29, 0.717) is 12.8 Å². The number of esters is 1. The average Bonchev–Trinajstić information content (AvgIpc) is 3.13. The van der Waals surface area contributed by atoms with Crippen molar-refractivity contribution in [3.05, 3.63) is 0 Å². The van der Waals surface area contributed by atoms with E-state index in [1.165, 1.54) is 141 Å². The minimum Gasteiger partial charge on any atom is -0.480 e. The highest BCUT2D eigenvalue weighted by molar-refractivity contribution is 5.87. The number of ether oxygens (including phenoxy) is 1. The smallest absolute Gasteiger partial charge is 0.328 e. The van der Waals surface area contributed by atoms with Crippen molar-refractivity contribution in [2.45, 2.75) is 238 Å². The Balaban J connectivity index is 3.94. The van der Waals surface area contributed by atoms with Gasteiger partial charge in [0, 0.05) is 12.8 Å². The number of carboxylic acids is 1. The molecule has 2 atom stereocenters. The quantitative estimate of drug-likeness (QED) is 0.0362. The fourth-order valence-electron chi connectivity index (χ4n) is 6.72. The van der Waals surface area contributed by atoms with Gasteiger partial charge in [-0.25, -0.2) is 4.79 Å². The van der Waals surface area contributed by atoms with Gasteiger partial charge >= 0.3 is 11.9 Å². The van der Waals surface area contributed by atoms with Crippen molar-refractivity contribution in [2.75, 3.05) is 13.2 Å². The van der Waals surface area contributed by atoms with E-state index in [4.69, 9.17) is 14.9 Å². The number of unbranched alkanes of at least 4 members (excludes halogenated alkanes) is 26. The first kappa shape index (κ1) is 49.8. The van der Waals surface area contributed by atoms with Crippen LogP contribution in [0, 0.1) is 0 Å². The van der Waals surface area contributed by atoms with E-state index >= 15 is 0 Å². The molecule has 0 fully saturated rings. The Morgan fingerprint density at radius 3 is 1.25 bits per heavy atom. The fourth-order valence-corrected chi connectivity index (χ4v) is 6.72. The third kappa shape index (κ3) is 34.9. The molecule has 52 heavy (non-hydrogen) atoms. The molecule has 2 unspecified atom stereocenters. The molecule has 0 aliphatic carbocycles. The maximum absolute atomic E-state index is 12.7. The van der Waals surface area contributed by atoms with E-state index < -0.39 is 24.5 Å². The Labute approximate surface area is 319 Å². The zero-order valence-electron chi connectivity index (χ0n) is 33.8. The summed E-state index contributed by atoms with van der Waals surface area (Å²) in [4.78, 5) is 47.4. The number of nitrogens with one attached hydrogen (secondary N) is 2. The second kappa shape index (κ2) is 38.6. The molecule has 0 aliphatic rings. The molecule has 0 saturated carbocycles. The standard InChI is InChI=1S/C43H82N2O7/c1-3-5-7-9-10-11-12-13-14-15-16-17-18-19-20-21-22-23-25-31-35-42(49)52-38(32-28-24-8-6-4-2)33-29-26-27-30-34-40(47)44-36-41(48)45-39(37-46)43(50)51/h38-39,46H,3-37H2,1-2H3,(H,44,47)(H,45,48)(H,50,51). The van der Waals surface area contributed by atoms with Gasteiger partial charge in [-0.05, 0) is 38.5 Å². The lowest BCUT2D eigenvalue weighted by Gasteiger charge is -2.18. The van der Waals surface area contributed by atoms with Gasteiger partial charge in [0.1, 0.15) is 12.1 Å². The monoisotopic (exact) mass is 739 g/mol. The summed E-state index contributed by atoms with van der Waals surface area (Å²) in [5.41, 5.74) is 0. The van der Waals surface area contributed by atoms with Crippen LogP contribution < -0.4 is 10.6 Å². The molecule has 0 heterocycles. The van der Waals surface area contributed by atoms with Gasteiger partial charge in [-0.3, -0.25) is 14.4 Å². The van der Waals surface area contributed by atoms with Crippen LogP contribution in [0.1, 0.15) is 226 Å². The Morgan fingerprint density at radius 2 is 0.865 bits per heavy atom. The lowest BCUT2D eigenvalue weighted by molar-refractivity contribution is -0.150. The molecule has 0 aliphatic heterocycles. The predicted molar refractivity (Wildman–Crippen MR) is 213 cm³/mol. The molecule has 0 aromatic heterocycles. The van der Waals surface area contributed by atoms with E-state index in [2.05, 4.69) is 24.5 Å². The van der Waals surface area contributed by atoms with Gasteiger partial charge in [-0.1, -0.05) is 174 Å². The molecule has 9 nitrogen and oxygen atoms in total. The summed E-state index contributed by atoms with van der Waals surface area (Å²) in [5.74, 6) is -2.32. The van der Waals surface area contributed by atoms with Crippen molar-refractivity contribution >= 4 is 23.8 Å². The topological polar surface area (TPSA) is 142 Å². The number of carbonyl (C=O) groups is 4. The SMILES string of the molecule is CCCCCCCCCCCCCCCCCCCCCCC(=O)OC(CCCCCCC)CCCCCCC(=O)NCC(=O)NC(CO)C(=O)O. The van der Waals surface area contributed by atoms with Crippen LogP contribution in [0.5, 0.6) is 0 Å². The maximum Gasteiger partial charge on any atom is 0.328 e. The molecule has 9 heteroatoms. The Kier molecular flexibility index (Phi) is 37.0. The van der Waals surface area contributed by atoms with Crippen LogP contribution in [-0.2, 0) is 23.9 Å².